The van der Waals surface area contributed by atoms with Gasteiger partial charge in [0.15, 0.2) is 0 Å². The van der Waals surface area contributed by atoms with Crippen LogP contribution in [-0.4, -0.2) is 10.7 Å². The van der Waals surface area contributed by atoms with Gasteiger partial charge >= 0.3 is 0 Å². The zero-order chi connectivity index (χ0) is 8.84. The van der Waals surface area contributed by atoms with E-state index in [2.05, 4.69) is 6.92 Å². The number of rotatable bonds is 0. The predicted octanol–water partition coefficient (Wildman–Crippen LogP) is 2.19. The molecule has 72 valence electrons. The quantitative estimate of drug-likeness (QED) is 0.603. The summed E-state index contributed by atoms with van der Waals surface area (Å²) in [5.41, 5.74) is 0.238. The van der Waals surface area contributed by atoms with Gasteiger partial charge in [0.05, 0.1) is 5.60 Å². The molecule has 1 N–H and O–H groups in total. The summed E-state index contributed by atoms with van der Waals surface area (Å²) in [4.78, 5) is 0. The van der Waals surface area contributed by atoms with E-state index in [1.54, 1.807) is 0 Å². The Labute approximate surface area is 79.5 Å². The Balaban J connectivity index is 1.89. The van der Waals surface area contributed by atoms with Gasteiger partial charge in [-0.25, -0.2) is 0 Å². The van der Waals surface area contributed by atoms with E-state index in [0.29, 0.717) is 5.41 Å². The first-order chi connectivity index (χ1) is 6.15. The molecular weight excluding hydrogens is 160 g/mol. The van der Waals surface area contributed by atoms with Crippen LogP contribution in [-0.2, 0) is 0 Å². The van der Waals surface area contributed by atoms with E-state index < -0.39 is 0 Å². The molecule has 0 aliphatic heterocycles. The van der Waals surface area contributed by atoms with Gasteiger partial charge in [-0.05, 0) is 55.8 Å². The summed E-state index contributed by atoms with van der Waals surface area (Å²) in [5, 5.41) is 10.5. The lowest BCUT2D eigenvalue weighted by Crippen LogP contribution is -2.58. The minimum Gasteiger partial charge on any atom is -0.389 e. The normalized spacial score (nSPS) is 72.5. The topological polar surface area (TPSA) is 20.2 Å². The molecule has 4 rings (SSSR count). The van der Waals surface area contributed by atoms with Crippen LogP contribution in [0.5, 0.6) is 0 Å². The molecule has 1 spiro atoms. The largest absolute Gasteiger partial charge is 0.389 e. The zero-order valence-electron chi connectivity index (χ0n) is 8.29. The molecule has 4 fully saturated rings. The van der Waals surface area contributed by atoms with Crippen LogP contribution >= 0.6 is 0 Å². The highest BCUT2D eigenvalue weighted by Gasteiger charge is 2.75. The smallest absolute Gasteiger partial charge is 0.0712 e. The minimum atomic E-state index is -0.193. The molecule has 0 aromatic rings. The van der Waals surface area contributed by atoms with Crippen molar-refractivity contribution in [1.29, 1.82) is 0 Å². The maximum Gasteiger partial charge on any atom is 0.0712 e. The Morgan fingerprint density at radius 2 is 2.00 bits per heavy atom. The Kier molecular flexibility index (Phi) is 0.959. The fraction of sp³-hybridized carbons (Fsp3) is 1.00. The molecule has 4 saturated carbocycles. The average molecular weight is 178 g/mol. The molecule has 0 heterocycles. The van der Waals surface area contributed by atoms with Crippen LogP contribution in [0, 0.1) is 29.1 Å². The van der Waals surface area contributed by atoms with E-state index in [4.69, 9.17) is 0 Å². The van der Waals surface area contributed by atoms with Gasteiger partial charge < -0.3 is 5.11 Å². The van der Waals surface area contributed by atoms with Crippen LogP contribution < -0.4 is 0 Å². The lowest BCUT2D eigenvalue weighted by atomic mass is 9.51. The molecule has 0 aromatic carbocycles. The number of hydrogen-bond donors (Lipinski definition) is 1. The zero-order valence-corrected chi connectivity index (χ0v) is 8.29. The van der Waals surface area contributed by atoms with Crippen molar-refractivity contribution in [1.82, 2.24) is 0 Å². The third-order valence-electron chi connectivity index (χ3n) is 6.11. The van der Waals surface area contributed by atoms with Crippen LogP contribution in [0.2, 0.25) is 0 Å². The maximum absolute atomic E-state index is 10.5. The van der Waals surface area contributed by atoms with Crippen molar-refractivity contribution < 1.29 is 5.11 Å². The summed E-state index contributed by atoms with van der Waals surface area (Å²) in [6.45, 7) is 2.43. The van der Waals surface area contributed by atoms with E-state index in [9.17, 15) is 5.11 Å². The summed E-state index contributed by atoms with van der Waals surface area (Å²) in [5.74, 6) is 3.68. The molecule has 6 atom stereocenters. The van der Waals surface area contributed by atoms with Gasteiger partial charge in [-0.3, -0.25) is 0 Å². The summed E-state index contributed by atoms with van der Waals surface area (Å²) in [6.07, 6.45) is 6.45. The van der Waals surface area contributed by atoms with E-state index in [-0.39, 0.29) is 5.60 Å². The Morgan fingerprint density at radius 3 is 2.85 bits per heavy atom. The molecule has 1 nitrogen and oxygen atoms in total. The van der Waals surface area contributed by atoms with Crippen LogP contribution in [0.25, 0.3) is 0 Å². The molecule has 4 aliphatic carbocycles. The Morgan fingerprint density at radius 1 is 1.15 bits per heavy atom. The van der Waals surface area contributed by atoms with Crippen LogP contribution in [0.3, 0.4) is 0 Å². The van der Waals surface area contributed by atoms with Crippen LogP contribution in [0.1, 0.15) is 39.0 Å². The second-order valence-corrected chi connectivity index (χ2v) is 6.33. The van der Waals surface area contributed by atoms with Crippen molar-refractivity contribution in [2.45, 2.75) is 44.6 Å². The van der Waals surface area contributed by atoms with E-state index in [1.807, 2.05) is 0 Å². The molecule has 0 aromatic heterocycles. The first-order valence-electron chi connectivity index (χ1n) is 5.87. The second kappa shape index (κ2) is 1.71. The first kappa shape index (κ1) is 7.28. The fourth-order valence-corrected chi connectivity index (χ4v) is 5.66. The lowest BCUT2D eigenvalue weighted by molar-refractivity contribution is -0.184. The third kappa shape index (κ3) is 0.538. The highest BCUT2D eigenvalue weighted by Crippen LogP contribution is 2.78. The minimum absolute atomic E-state index is 0.193. The molecule has 6 unspecified atom stereocenters. The van der Waals surface area contributed by atoms with Crippen molar-refractivity contribution in [3.8, 4) is 0 Å². The SMILES string of the molecule is CC1C2CC3CC4(O)CC1C4(C3)C2. The number of hydrogen-bond acceptors (Lipinski definition) is 1. The van der Waals surface area contributed by atoms with E-state index in [1.165, 1.54) is 19.3 Å². The van der Waals surface area contributed by atoms with Crippen LogP contribution in [0.15, 0.2) is 0 Å². The summed E-state index contributed by atoms with van der Waals surface area (Å²) in [7, 11) is 0. The van der Waals surface area contributed by atoms with Gasteiger partial charge in [0, 0.05) is 5.41 Å². The van der Waals surface area contributed by atoms with Crippen molar-refractivity contribution in [2.75, 3.05) is 0 Å². The van der Waals surface area contributed by atoms with Crippen molar-refractivity contribution in [2.24, 2.45) is 29.1 Å². The van der Waals surface area contributed by atoms with Crippen molar-refractivity contribution in [3.05, 3.63) is 0 Å². The van der Waals surface area contributed by atoms with Gasteiger partial charge in [-0.15, -0.1) is 0 Å². The van der Waals surface area contributed by atoms with Crippen molar-refractivity contribution >= 4 is 0 Å². The summed E-state index contributed by atoms with van der Waals surface area (Å²) >= 11 is 0. The highest BCUT2D eigenvalue weighted by atomic mass is 16.3. The molecule has 13 heavy (non-hydrogen) atoms. The van der Waals surface area contributed by atoms with E-state index >= 15 is 0 Å². The Hall–Kier alpha value is -0.0400. The van der Waals surface area contributed by atoms with Gasteiger partial charge in [-0.2, -0.15) is 0 Å². The highest BCUT2D eigenvalue weighted by molar-refractivity contribution is 5.25. The molecule has 1 heteroatoms. The standard InChI is InChI=1S/C12H18O/c1-7-9-2-8-3-11(5-9)10(7)6-12(11,13)4-8/h7-10,13H,2-6H2,1H3. The average Bonchev–Trinajstić information content (AvgIpc) is 2.34. The predicted molar refractivity (Wildman–Crippen MR) is 50.1 cm³/mol. The van der Waals surface area contributed by atoms with Gasteiger partial charge in [-0.1, -0.05) is 6.92 Å². The lowest BCUT2D eigenvalue weighted by Gasteiger charge is -2.56. The van der Waals surface area contributed by atoms with Gasteiger partial charge in [0.1, 0.15) is 0 Å². The summed E-state index contributed by atoms with van der Waals surface area (Å²) < 4.78 is 0. The van der Waals surface area contributed by atoms with Gasteiger partial charge in [0.2, 0.25) is 0 Å². The summed E-state index contributed by atoms with van der Waals surface area (Å²) in [6, 6.07) is 0. The molecular formula is C12H18O. The van der Waals surface area contributed by atoms with Crippen LogP contribution in [0.4, 0.5) is 0 Å². The van der Waals surface area contributed by atoms with E-state index in [0.717, 1.165) is 36.5 Å². The molecule has 0 radical (unpaired) electrons. The fourth-order valence-electron chi connectivity index (χ4n) is 5.66. The third-order valence-corrected chi connectivity index (χ3v) is 6.11. The molecule has 3 bridgehead atoms. The monoisotopic (exact) mass is 178 g/mol. The molecule has 4 aliphatic rings. The second-order valence-electron chi connectivity index (χ2n) is 6.33. The Bertz CT molecular complexity index is 287. The molecule has 0 amide bonds. The van der Waals surface area contributed by atoms with Gasteiger partial charge in [0.25, 0.3) is 0 Å². The first-order valence-corrected chi connectivity index (χ1v) is 5.87. The molecule has 0 saturated heterocycles. The van der Waals surface area contributed by atoms with Crippen molar-refractivity contribution in [3.63, 3.8) is 0 Å². The number of fused-ring (bicyclic) bond motifs is 2. The number of aliphatic hydroxyl groups is 1. The maximum atomic E-state index is 10.5.